The highest BCUT2D eigenvalue weighted by Crippen LogP contribution is 2.32. The van der Waals surface area contributed by atoms with Gasteiger partial charge in [-0.3, -0.25) is 0 Å². The first kappa shape index (κ1) is 12.9. The molecular formula is C14H23NO. The molecule has 0 radical (unpaired) electrons. The van der Waals surface area contributed by atoms with Gasteiger partial charge in [0.15, 0.2) is 6.73 Å². The molecule has 1 saturated heterocycles. The van der Waals surface area contributed by atoms with Crippen LogP contribution in [0.1, 0.15) is 40.5 Å². The fourth-order valence-corrected chi connectivity index (χ4v) is 2.04. The molecule has 1 fully saturated rings. The van der Waals surface area contributed by atoms with Crippen molar-refractivity contribution >= 4 is 0 Å². The molecule has 0 aromatic carbocycles. The highest BCUT2D eigenvalue weighted by atomic mass is 16.5. The van der Waals surface area contributed by atoms with Gasteiger partial charge in [0, 0.05) is 5.41 Å². The van der Waals surface area contributed by atoms with Gasteiger partial charge in [0.05, 0.1) is 5.70 Å². The third kappa shape index (κ3) is 2.91. The molecule has 1 unspecified atom stereocenters. The van der Waals surface area contributed by atoms with Crippen LogP contribution in [0.4, 0.5) is 0 Å². The van der Waals surface area contributed by atoms with Crippen LogP contribution in [0, 0.1) is 5.41 Å². The third-order valence-corrected chi connectivity index (χ3v) is 2.74. The molecule has 0 bridgehead atoms. The normalized spacial score (nSPS) is 26.2. The van der Waals surface area contributed by atoms with Crippen molar-refractivity contribution in [1.29, 1.82) is 0 Å². The Morgan fingerprint density at radius 1 is 1.44 bits per heavy atom. The van der Waals surface area contributed by atoms with Crippen molar-refractivity contribution in [3.05, 3.63) is 35.8 Å². The van der Waals surface area contributed by atoms with Gasteiger partial charge in [-0.15, -0.1) is 0 Å². The van der Waals surface area contributed by atoms with Gasteiger partial charge < -0.3 is 10.1 Å². The Balaban J connectivity index is 0.000000606. The van der Waals surface area contributed by atoms with Crippen molar-refractivity contribution in [3.63, 3.8) is 0 Å². The van der Waals surface area contributed by atoms with Crippen molar-refractivity contribution in [2.24, 2.45) is 5.41 Å². The second kappa shape index (κ2) is 5.78. The molecule has 1 heterocycles. The van der Waals surface area contributed by atoms with Crippen LogP contribution in [-0.2, 0) is 4.74 Å². The Labute approximate surface area is 99.1 Å². The van der Waals surface area contributed by atoms with E-state index in [1.807, 2.05) is 19.9 Å². The molecule has 16 heavy (non-hydrogen) atoms. The highest BCUT2D eigenvalue weighted by molar-refractivity contribution is 5.36. The molecule has 0 spiro atoms. The van der Waals surface area contributed by atoms with Gasteiger partial charge in [-0.25, -0.2) is 0 Å². The van der Waals surface area contributed by atoms with Gasteiger partial charge in [0.2, 0.25) is 0 Å². The average Bonchev–Trinajstić information content (AvgIpc) is 2.63. The topological polar surface area (TPSA) is 21.3 Å². The van der Waals surface area contributed by atoms with Crippen LogP contribution in [0.25, 0.3) is 0 Å². The number of hydrogen-bond donors (Lipinski definition) is 1. The summed E-state index contributed by atoms with van der Waals surface area (Å²) in [7, 11) is 0. The number of fused-ring (bicyclic) bond motifs is 1. The molecule has 1 N–H and O–H groups in total. The molecule has 2 nitrogen and oxygen atoms in total. The van der Waals surface area contributed by atoms with Gasteiger partial charge >= 0.3 is 0 Å². The van der Waals surface area contributed by atoms with Crippen LogP contribution in [-0.4, -0.2) is 6.73 Å². The zero-order valence-corrected chi connectivity index (χ0v) is 10.8. The van der Waals surface area contributed by atoms with Crippen molar-refractivity contribution in [3.8, 4) is 0 Å². The minimum absolute atomic E-state index is 0.170. The van der Waals surface area contributed by atoms with Crippen LogP contribution >= 0.6 is 0 Å². The smallest absolute Gasteiger partial charge is 0.159 e. The average molecular weight is 221 g/mol. The largest absolute Gasteiger partial charge is 0.471 e. The molecule has 0 amide bonds. The van der Waals surface area contributed by atoms with E-state index >= 15 is 0 Å². The molecular weight excluding hydrogens is 198 g/mol. The predicted octanol–water partition coefficient (Wildman–Crippen LogP) is 3.73. The van der Waals surface area contributed by atoms with E-state index < -0.39 is 0 Å². The van der Waals surface area contributed by atoms with E-state index in [9.17, 15) is 0 Å². The number of ether oxygens (including phenoxy) is 1. The molecule has 0 aromatic heterocycles. The molecule has 0 aromatic rings. The molecule has 90 valence electrons. The van der Waals surface area contributed by atoms with Gasteiger partial charge in [0.1, 0.15) is 5.76 Å². The Kier molecular flexibility index (Phi) is 4.66. The molecule has 1 aliphatic heterocycles. The minimum atomic E-state index is 0.170. The lowest BCUT2D eigenvalue weighted by atomic mass is 9.85. The first-order valence-corrected chi connectivity index (χ1v) is 6.23. The van der Waals surface area contributed by atoms with E-state index in [-0.39, 0.29) is 5.41 Å². The van der Waals surface area contributed by atoms with Gasteiger partial charge in [-0.05, 0) is 18.6 Å². The summed E-state index contributed by atoms with van der Waals surface area (Å²) in [5.41, 5.74) is 1.31. The maximum Gasteiger partial charge on any atom is 0.159 e. The standard InChI is InChI=1S/C12H17NO.C2H6/c1-3-6-12(2)7-4-5-11-10(8-12)13-9-14-11;1-2/h4-5,7-8,13H,3,6,9H2,1-2H3;1-2H3. The lowest BCUT2D eigenvalue weighted by Crippen LogP contribution is -2.13. The van der Waals surface area contributed by atoms with E-state index in [1.165, 1.54) is 12.8 Å². The maximum absolute atomic E-state index is 5.44. The van der Waals surface area contributed by atoms with Crippen LogP contribution in [0.15, 0.2) is 35.8 Å². The van der Waals surface area contributed by atoms with Gasteiger partial charge in [0.25, 0.3) is 0 Å². The number of rotatable bonds is 2. The van der Waals surface area contributed by atoms with Crippen molar-refractivity contribution in [2.75, 3.05) is 6.73 Å². The summed E-state index contributed by atoms with van der Waals surface area (Å²) in [5.74, 6) is 0.973. The summed E-state index contributed by atoms with van der Waals surface area (Å²) in [5, 5.41) is 3.24. The van der Waals surface area contributed by atoms with E-state index in [0.717, 1.165) is 11.5 Å². The Hall–Kier alpha value is -1.18. The van der Waals surface area contributed by atoms with E-state index in [2.05, 4.69) is 37.4 Å². The SMILES string of the molecule is CC.CCCC1(C)C=CC=C2OCNC2=C1. The molecule has 2 rings (SSSR count). The number of hydrogen-bond acceptors (Lipinski definition) is 2. The zero-order valence-electron chi connectivity index (χ0n) is 10.8. The van der Waals surface area contributed by atoms with Gasteiger partial charge in [-0.2, -0.15) is 0 Å². The lowest BCUT2D eigenvalue weighted by Gasteiger charge is -2.20. The summed E-state index contributed by atoms with van der Waals surface area (Å²) in [6.07, 6.45) is 11.0. The minimum Gasteiger partial charge on any atom is -0.471 e. The van der Waals surface area contributed by atoms with Crippen molar-refractivity contribution in [1.82, 2.24) is 5.32 Å². The van der Waals surface area contributed by atoms with E-state index in [1.54, 1.807) is 0 Å². The third-order valence-electron chi connectivity index (χ3n) is 2.74. The Morgan fingerprint density at radius 2 is 2.19 bits per heavy atom. The van der Waals surface area contributed by atoms with Crippen LogP contribution < -0.4 is 5.32 Å². The first-order chi connectivity index (χ1) is 7.73. The summed E-state index contributed by atoms with van der Waals surface area (Å²) in [4.78, 5) is 0. The molecule has 2 aliphatic rings. The second-order valence-electron chi connectivity index (χ2n) is 4.17. The van der Waals surface area contributed by atoms with Crippen LogP contribution in [0.5, 0.6) is 0 Å². The van der Waals surface area contributed by atoms with E-state index in [0.29, 0.717) is 6.73 Å². The molecule has 1 atom stereocenters. The van der Waals surface area contributed by atoms with Crippen molar-refractivity contribution in [2.45, 2.75) is 40.5 Å². The second-order valence-corrected chi connectivity index (χ2v) is 4.17. The Morgan fingerprint density at radius 3 is 2.88 bits per heavy atom. The van der Waals surface area contributed by atoms with Crippen molar-refractivity contribution < 1.29 is 4.74 Å². The molecule has 2 heteroatoms. The fraction of sp³-hybridized carbons (Fsp3) is 0.571. The number of nitrogens with one attached hydrogen (secondary N) is 1. The highest BCUT2D eigenvalue weighted by Gasteiger charge is 2.23. The summed E-state index contributed by atoms with van der Waals surface area (Å²) in [6, 6.07) is 0. The fourth-order valence-electron chi connectivity index (χ4n) is 2.04. The van der Waals surface area contributed by atoms with E-state index in [4.69, 9.17) is 4.74 Å². The predicted molar refractivity (Wildman–Crippen MR) is 68.8 cm³/mol. The molecule has 1 aliphatic carbocycles. The number of allylic oxidation sites excluding steroid dienone is 4. The van der Waals surface area contributed by atoms with Crippen LogP contribution in [0.3, 0.4) is 0 Å². The quantitative estimate of drug-likeness (QED) is 0.767. The van der Waals surface area contributed by atoms with Crippen LogP contribution in [0.2, 0.25) is 0 Å². The lowest BCUT2D eigenvalue weighted by molar-refractivity contribution is 0.255. The Bertz CT molecular complexity index is 315. The monoisotopic (exact) mass is 221 g/mol. The van der Waals surface area contributed by atoms with Gasteiger partial charge in [-0.1, -0.05) is 46.3 Å². The zero-order chi connectivity index (χ0) is 12.0. The summed E-state index contributed by atoms with van der Waals surface area (Å²) >= 11 is 0. The summed E-state index contributed by atoms with van der Waals surface area (Å²) in [6.45, 7) is 9.08. The first-order valence-electron chi connectivity index (χ1n) is 6.23. The molecule has 0 saturated carbocycles. The maximum atomic E-state index is 5.44. The summed E-state index contributed by atoms with van der Waals surface area (Å²) < 4.78 is 5.44.